The van der Waals surface area contributed by atoms with Gasteiger partial charge in [0.15, 0.2) is 18.1 Å². The van der Waals surface area contributed by atoms with Crippen LogP contribution < -0.4 is 19.5 Å². The highest BCUT2D eigenvalue weighted by molar-refractivity contribution is 5.92. The number of amides is 1. The summed E-state index contributed by atoms with van der Waals surface area (Å²) >= 11 is 0. The van der Waals surface area contributed by atoms with Crippen LogP contribution in [0.3, 0.4) is 0 Å². The van der Waals surface area contributed by atoms with Crippen molar-refractivity contribution >= 4 is 11.9 Å². The fraction of sp³-hybridized carbons (Fsp3) is 0.467. The van der Waals surface area contributed by atoms with Gasteiger partial charge in [0.2, 0.25) is 5.75 Å². The van der Waals surface area contributed by atoms with E-state index in [1.54, 1.807) is 0 Å². The van der Waals surface area contributed by atoms with E-state index in [1.807, 2.05) is 0 Å². The average Bonchev–Trinajstić information content (AvgIpc) is 2.58. The third kappa shape index (κ3) is 5.33. The van der Waals surface area contributed by atoms with Crippen LogP contribution in [-0.2, 0) is 14.3 Å². The zero-order valence-corrected chi connectivity index (χ0v) is 13.6. The molecule has 0 aliphatic heterocycles. The Morgan fingerprint density at radius 3 is 2.09 bits per heavy atom. The highest BCUT2D eigenvalue weighted by Gasteiger charge is 2.18. The van der Waals surface area contributed by atoms with Crippen molar-refractivity contribution in [3.63, 3.8) is 0 Å². The largest absolute Gasteiger partial charge is 0.493 e. The molecule has 0 atom stereocenters. The van der Waals surface area contributed by atoms with Gasteiger partial charge in [-0.3, -0.25) is 4.79 Å². The molecule has 0 spiro atoms. The lowest BCUT2D eigenvalue weighted by atomic mass is 10.2. The first-order valence-corrected chi connectivity index (χ1v) is 6.80. The predicted molar refractivity (Wildman–Crippen MR) is 81.3 cm³/mol. The van der Waals surface area contributed by atoms with Crippen LogP contribution in [0.25, 0.3) is 0 Å². The summed E-state index contributed by atoms with van der Waals surface area (Å²) in [7, 11) is 5.87. The maximum atomic E-state index is 12.0. The number of esters is 1. The molecule has 128 valence electrons. The van der Waals surface area contributed by atoms with Gasteiger partial charge >= 0.3 is 5.97 Å². The van der Waals surface area contributed by atoms with Crippen molar-refractivity contribution in [2.75, 3.05) is 48.2 Å². The lowest BCUT2D eigenvalue weighted by molar-refractivity contribution is -0.124. The summed E-state index contributed by atoms with van der Waals surface area (Å²) in [6.07, 6.45) is 0. The van der Waals surface area contributed by atoms with Crippen molar-refractivity contribution < 1.29 is 33.3 Å². The number of benzene rings is 1. The second-order valence-corrected chi connectivity index (χ2v) is 4.33. The molecule has 0 aromatic heterocycles. The van der Waals surface area contributed by atoms with E-state index in [2.05, 4.69) is 5.32 Å². The van der Waals surface area contributed by atoms with Gasteiger partial charge in [-0.2, -0.15) is 0 Å². The van der Waals surface area contributed by atoms with Gasteiger partial charge in [0.05, 0.1) is 33.5 Å². The number of ether oxygens (including phenoxy) is 5. The van der Waals surface area contributed by atoms with Crippen LogP contribution in [0.4, 0.5) is 0 Å². The molecular formula is C15H21NO7. The van der Waals surface area contributed by atoms with Crippen molar-refractivity contribution in [2.45, 2.75) is 0 Å². The number of carbonyl (C=O) groups excluding carboxylic acids is 2. The zero-order chi connectivity index (χ0) is 17.2. The second-order valence-electron chi connectivity index (χ2n) is 4.33. The Labute approximate surface area is 134 Å². The molecule has 1 rings (SSSR count). The van der Waals surface area contributed by atoms with Gasteiger partial charge in [-0.25, -0.2) is 4.79 Å². The second kappa shape index (κ2) is 9.52. The summed E-state index contributed by atoms with van der Waals surface area (Å²) in [6.45, 7) is 0.336. The smallest absolute Gasteiger partial charge is 0.338 e. The van der Waals surface area contributed by atoms with Crippen LogP contribution in [0.1, 0.15) is 10.4 Å². The molecule has 0 fully saturated rings. The standard InChI is InChI=1S/C15H21NO7/c1-19-6-5-16-13(17)9-23-15(18)10-7-11(20-2)14(22-4)12(8-10)21-3/h7-8H,5-6,9H2,1-4H3,(H,16,17). The number of rotatable bonds is 9. The molecule has 0 unspecified atom stereocenters. The Morgan fingerprint density at radius 2 is 1.61 bits per heavy atom. The lowest BCUT2D eigenvalue weighted by Gasteiger charge is -2.13. The van der Waals surface area contributed by atoms with E-state index in [0.29, 0.717) is 30.4 Å². The van der Waals surface area contributed by atoms with Crippen LogP contribution in [0, 0.1) is 0 Å². The molecule has 0 aliphatic carbocycles. The number of carbonyl (C=O) groups is 2. The third-order valence-corrected chi connectivity index (χ3v) is 2.86. The van der Waals surface area contributed by atoms with Gasteiger partial charge in [-0.05, 0) is 12.1 Å². The van der Waals surface area contributed by atoms with Gasteiger partial charge in [0, 0.05) is 13.7 Å². The summed E-state index contributed by atoms with van der Waals surface area (Å²) in [4.78, 5) is 23.5. The molecule has 0 heterocycles. The Kier molecular flexibility index (Phi) is 7.69. The van der Waals surface area contributed by atoms with Crippen LogP contribution >= 0.6 is 0 Å². The fourth-order valence-corrected chi connectivity index (χ4v) is 1.76. The normalized spacial score (nSPS) is 9.91. The predicted octanol–water partition coefficient (Wildman–Crippen LogP) is 0.632. The van der Waals surface area contributed by atoms with Crippen LogP contribution in [0.2, 0.25) is 0 Å². The van der Waals surface area contributed by atoms with Crippen LogP contribution in [0.15, 0.2) is 12.1 Å². The van der Waals surface area contributed by atoms with Gasteiger partial charge in [0.25, 0.3) is 5.91 Å². The Hall–Kier alpha value is -2.48. The molecule has 1 amide bonds. The summed E-state index contributed by atoms with van der Waals surface area (Å²) in [5, 5.41) is 2.54. The SMILES string of the molecule is COCCNC(=O)COC(=O)c1cc(OC)c(OC)c(OC)c1. The molecule has 0 bridgehead atoms. The van der Waals surface area contributed by atoms with Crippen LogP contribution in [0.5, 0.6) is 17.2 Å². The fourth-order valence-electron chi connectivity index (χ4n) is 1.76. The Morgan fingerprint density at radius 1 is 1.00 bits per heavy atom. The van der Waals surface area contributed by atoms with Crippen molar-refractivity contribution in [1.82, 2.24) is 5.32 Å². The van der Waals surface area contributed by atoms with Crippen molar-refractivity contribution in [2.24, 2.45) is 0 Å². The van der Waals surface area contributed by atoms with E-state index in [0.717, 1.165) is 0 Å². The third-order valence-electron chi connectivity index (χ3n) is 2.86. The molecule has 8 heteroatoms. The number of hydrogen-bond acceptors (Lipinski definition) is 7. The van der Waals surface area contributed by atoms with Gasteiger partial charge in [0.1, 0.15) is 0 Å². The summed E-state index contributed by atoms with van der Waals surface area (Å²) in [5.74, 6) is -0.0791. The first-order valence-electron chi connectivity index (χ1n) is 6.80. The quantitative estimate of drug-likeness (QED) is 0.525. The van der Waals surface area contributed by atoms with Gasteiger partial charge < -0.3 is 29.0 Å². The van der Waals surface area contributed by atoms with Gasteiger partial charge in [-0.15, -0.1) is 0 Å². The van der Waals surface area contributed by atoms with E-state index in [4.69, 9.17) is 23.7 Å². The minimum absolute atomic E-state index is 0.184. The summed E-state index contributed by atoms with van der Waals surface area (Å²) in [5.41, 5.74) is 0.184. The van der Waals surface area contributed by atoms with E-state index >= 15 is 0 Å². The topological polar surface area (TPSA) is 92.3 Å². The maximum absolute atomic E-state index is 12.0. The molecule has 1 N–H and O–H groups in total. The molecule has 1 aromatic carbocycles. The molecule has 0 aliphatic rings. The van der Waals surface area contributed by atoms with Crippen molar-refractivity contribution in [3.05, 3.63) is 17.7 Å². The minimum atomic E-state index is -0.675. The lowest BCUT2D eigenvalue weighted by Crippen LogP contribution is -2.31. The zero-order valence-electron chi connectivity index (χ0n) is 13.6. The first-order chi connectivity index (χ1) is 11.1. The van der Waals surface area contributed by atoms with E-state index in [-0.39, 0.29) is 12.2 Å². The van der Waals surface area contributed by atoms with Crippen LogP contribution in [-0.4, -0.2) is 60.1 Å². The molecule has 0 saturated heterocycles. The molecular weight excluding hydrogens is 306 g/mol. The minimum Gasteiger partial charge on any atom is -0.493 e. The monoisotopic (exact) mass is 327 g/mol. The number of methoxy groups -OCH3 is 4. The van der Waals surface area contributed by atoms with E-state index in [1.165, 1.54) is 40.6 Å². The highest BCUT2D eigenvalue weighted by atomic mass is 16.5. The Balaban J connectivity index is 2.74. The Bertz CT molecular complexity index is 520. The number of nitrogens with one attached hydrogen (secondary N) is 1. The summed E-state index contributed by atoms with van der Waals surface area (Å²) in [6, 6.07) is 2.90. The highest BCUT2D eigenvalue weighted by Crippen LogP contribution is 2.38. The van der Waals surface area contributed by atoms with Gasteiger partial charge in [-0.1, -0.05) is 0 Å². The average molecular weight is 327 g/mol. The van der Waals surface area contributed by atoms with Crippen molar-refractivity contribution in [3.8, 4) is 17.2 Å². The summed E-state index contributed by atoms with van der Waals surface area (Å²) < 4.78 is 25.2. The molecule has 0 radical (unpaired) electrons. The van der Waals surface area contributed by atoms with Crippen molar-refractivity contribution in [1.29, 1.82) is 0 Å². The molecule has 23 heavy (non-hydrogen) atoms. The van der Waals surface area contributed by atoms with E-state index in [9.17, 15) is 9.59 Å². The molecule has 1 aromatic rings. The number of hydrogen-bond donors (Lipinski definition) is 1. The first kappa shape index (κ1) is 18.6. The molecule has 0 saturated carbocycles. The van der Waals surface area contributed by atoms with E-state index < -0.39 is 11.9 Å². The molecule has 8 nitrogen and oxygen atoms in total. The maximum Gasteiger partial charge on any atom is 0.338 e.